The zero-order valence-corrected chi connectivity index (χ0v) is 10.5. The lowest BCUT2D eigenvalue weighted by Gasteiger charge is -2.48. The standard InChI is InChI=1S/C12H26O2/c1-7-11(13,9(3)4)12(14,8-2)10(5)6/h9-10,13-14H,7-8H2,1-6H3/t11-,12-/m0/s1. The lowest BCUT2D eigenvalue weighted by Crippen LogP contribution is -2.59. The number of hydrogen-bond donors (Lipinski definition) is 2. The van der Waals surface area contributed by atoms with Gasteiger partial charge in [0.25, 0.3) is 0 Å². The summed E-state index contributed by atoms with van der Waals surface area (Å²) in [7, 11) is 0. The number of hydrogen-bond acceptors (Lipinski definition) is 2. The van der Waals surface area contributed by atoms with Gasteiger partial charge in [0.2, 0.25) is 0 Å². The molecule has 2 heteroatoms. The van der Waals surface area contributed by atoms with E-state index in [0.29, 0.717) is 12.8 Å². The molecule has 0 spiro atoms. The fraction of sp³-hybridized carbons (Fsp3) is 1.00. The van der Waals surface area contributed by atoms with Crippen LogP contribution < -0.4 is 0 Å². The molecule has 0 aromatic carbocycles. The Kier molecular flexibility index (Phi) is 4.60. The van der Waals surface area contributed by atoms with Gasteiger partial charge in [-0.25, -0.2) is 0 Å². The molecule has 0 radical (unpaired) electrons. The molecule has 0 aliphatic rings. The quantitative estimate of drug-likeness (QED) is 0.719. The van der Waals surface area contributed by atoms with Gasteiger partial charge in [0.15, 0.2) is 0 Å². The predicted octanol–water partition coefficient (Wildman–Crippen LogP) is 2.58. The zero-order chi connectivity index (χ0) is 11.6. The van der Waals surface area contributed by atoms with E-state index < -0.39 is 11.2 Å². The Hall–Kier alpha value is -0.0800. The fourth-order valence-corrected chi connectivity index (χ4v) is 2.43. The molecule has 0 saturated heterocycles. The lowest BCUT2D eigenvalue weighted by molar-refractivity contribution is -0.200. The van der Waals surface area contributed by atoms with E-state index in [1.54, 1.807) is 0 Å². The highest BCUT2D eigenvalue weighted by Gasteiger charge is 2.50. The van der Waals surface area contributed by atoms with Crippen LogP contribution in [0.2, 0.25) is 0 Å². The monoisotopic (exact) mass is 202 g/mol. The second-order valence-electron chi connectivity index (χ2n) is 4.87. The summed E-state index contributed by atoms with van der Waals surface area (Å²) in [6, 6.07) is 0. The van der Waals surface area contributed by atoms with E-state index in [2.05, 4.69) is 0 Å². The molecule has 2 N–H and O–H groups in total. The second-order valence-corrected chi connectivity index (χ2v) is 4.87. The van der Waals surface area contributed by atoms with Crippen LogP contribution in [0.3, 0.4) is 0 Å². The van der Waals surface area contributed by atoms with Crippen molar-refractivity contribution in [1.82, 2.24) is 0 Å². The highest BCUT2D eigenvalue weighted by Crippen LogP contribution is 2.40. The molecule has 2 atom stereocenters. The molecule has 0 fully saturated rings. The molecule has 0 aromatic rings. The van der Waals surface area contributed by atoms with Crippen molar-refractivity contribution in [2.24, 2.45) is 11.8 Å². The molecule has 0 amide bonds. The average molecular weight is 202 g/mol. The smallest absolute Gasteiger partial charge is 0.0955 e. The maximum atomic E-state index is 10.5. The maximum absolute atomic E-state index is 10.5. The van der Waals surface area contributed by atoms with Gasteiger partial charge in [-0.1, -0.05) is 41.5 Å². The predicted molar refractivity (Wildman–Crippen MR) is 60.2 cm³/mol. The van der Waals surface area contributed by atoms with Crippen LogP contribution in [-0.2, 0) is 0 Å². The molecule has 0 aliphatic carbocycles. The van der Waals surface area contributed by atoms with Gasteiger partial charge in [0, 0.05) is 0 Å². The summed E-state index contributed by atoms with van der Waals surface area (Å²) in [5.41, 5.74) is -1.95. The third kappa shape index (κ3) is 1.96. The highest BCUT2D eigenvalue weighted by atomic mass is 16.4. The topological polar surface area (TPSA) is 40.5 Å². The Balaban J connectivity index is 5.15. The molecule has 0 heterocycles. The van der Waals surface area contributed by atoms with Crippen LogP contribution in [0.4, 0.5) is 0 Å². The third-order valence-corrected chi connectivity index (χ3v) is 3.74. The molecule has 0 unspecified atom stereocenters. The van der Waals surface area contributed by atoms with E-state index in [9.17, 15) is 10.2 Å². The van der Waals surface area contributed by atoms with Gasteiger partial charge in [-0.15, -0.1) is 0 Å². The van der Waals surface area contributed by atoms with Crippen molar-refractivity contribution < 1.29 is 10.2 Å². The molecule has 0 bridgehead atoms. The molecule has 0 aromatic heterocycles. The minimum Gasteiger partial charge on any atom is -0.387 e. The summed E-state index contributed by atoms with van der Waals surface area (Å²) in [6.45, 7) is 11.7. The highest BCUT2D eigenvalue weighted by molar-refractivity contribution is 5.01. The van der Waals surface area contributed by atoms with Crippen LogP contribution in [0.15, 0.2) is 0 Å². The van der Waals surface area contributed by atoms with E-state index in [0.717, 1.165) is 0 Å². The summed E-state index contributed by atoms with van der Waals surface area (Å²) in [5, 5.41) is 21.1. The van der Waals surface area contributed by atoms with Crippen LogP contribution in [0, 0.1) is 11.8 Å². The van der Waals surface area contributed by atoms with Crippen molar-refractivity contribution in [3.05, 3.63) is 0 Å². The van der Waals surface area contributed by atoms with Crippen LogP contribution in [0.25, 0.3) is 0 Å². The van der Waals surface area contributed by atoms with E-state index in [1.165, 1.54) is 0 Å². The summed E-state index contributed by atoms with van der Waals surface area (Å²) in [6.07, 6.45) is 1.18. The van der Waals surface area contributed by atoms with Crippen LogP contribution in [-0.4, -0.2) is 21.4 Å². The average Bonchev–Trinajstić information content (AvgIpc) is 2.14. The van der Waals surface area contributed by atoms with Gasteiger partial charge in [-0.2, -0.15) is 0 Å². The first-order chi connectivity index (χ1) is 6.26. The summed E-state index contributed by atoms with van der Waals surface area (Å²) >= 11 is 0. The largest absolute Gasteiger partial charge is 0.387 e. The zero-order valence-electron chi connectivity index (χ0n) is 10.5. The maximum Gasteiger partial charge on any atom is 0.0955 e. The third-order valence-electron chi connectivity index (χ3n) is 3.74. The van der Waals surface area contributed by atoms with Gasteiger partial charge in [-0.3, -0.25) is 0 Å². The Morgan fingerprint density at radius 1 is 0.786 bits per heavy atom. The summed E-state index contributed by atoms with van der Waals surface area (Å²) < 4.78 is 0. The Bertz CT molecular complexity index is 157. The minimum absolute atomic E-state index is 0.0693. The first-order valence-electron chi connectivity index (χ1n) is 5.71. The van der Waals surface area contributed by atoms with Crippen LogP contribution >= 0.6 is 0 Å². The fourth-order valence-electron chi connectivity index (χ4n) is 2.43. The first-order valence-corrected chi connectivity index (χ1v) is 5.71. The summed E-state index contributed by atoms with van der Waals surface area (Å²) in [5.74, 6) is 0.139. The van der Waals surface area contributed by atoms with Gasteiger partial charge in [0.05, 0.1) is 11.2 Å². The van der Waals surface area contributed by atoms with Crippen molar-refractivity contribution in [2.75, 3.05) is 0 Å². The number of aliphatic hydroxyl groups is 2. The van der Waals surface area contributed by atoms with Crippen molar-refractivity contribution in [1.29, 1.82) is 0 Å². The first kappa shape index (κ1) is 13.9. The molecule has 86 valence electrons. The Labute approximate surface area is 88.3 Å². The van der Waals surface area contributed by atoms with Crippen LogP contribution in [0.1, 0.15) is 54.4 Å². The van der Waals surface area contributed by atoms with E-state index in [1.807, 2.05) is 41.5 Å². The van der Waals surface area contributed by atoms with Crippen molar-refractivity contribution in [3.8, 4) is 0 Å². The van der Waals surface area contributed by atoms with Gasteiger partial charge in [-0.05, 0) is 24.7 Å². The van der Waals surface area contributed by atoms with Crippen molar-refractivity contribution in [3.63, 3.8) is 0 Å². The molecule has 0 rings (SSSR count). The number of rotatable bonds is 5. The van der Waals surface area contributed by atoms with E-state index >= 15 is 0 Å². The van der Waals surface area contributed by atoms with Gasteiger partial charge >= 0.3 is 0 Å². The Morgan fingerprint density at radius 2 is 1.00 bits per heavy atom. The SMILES string of the molecule is CC[C@](O)(C(C)C)[C@](O)(CC)C(C)C. The molecule has 2 nitrogen and oxygen atoms in total. The van der Waals surface area contributed by atoms with Crippen LogP contribution in [0.5, 0.6) is 0 Å². The molecule has 0 saturated carbocycles. The van der Waals surface area contributed by atoms with Crippen molar-refractivity contribution >= 4 is 0 Å². The molecular weight excluding hydrogens is 176 g/mol. The molecular formula is C12H26O2. The van der Waals surface area contributed by atoms with E-state index in [-0.39, 0.29) is 11.8 Å². The minimum atomic E-state index is -0.976. The Morgan fingerprint density at radius 3 is 1.07 bits per heavy atom. The molecule has 14 heavy (non-hydrogen) atoms. The normalized spacial score (nSPS) is 21.0. The second kappa shape index (κ2) is 4.63. The van der Waals surface area contributed by atoms with Gasteiger partial charge < -0.3 is 10.2 Å². The van der Waals surface area contributed by atoms with Gasteiger partial charge in [0.1, 0.15) is 0 Å². The molecule has 0 aliphatic heterocycles. The summed E-state index contributed by atoms with van der Waals surface area (Å²) in [4.78, 5) is 0. The van der Waals surface area contributed by atoms with E-state index in [4.69, 9.17) is 0 Å². The lowest BCUT2D eigenvalue weighted by atomic mass is 9.67. The van der Waals surface area contributed by atoms with Crippen molar-refractivity contribution in [2.45, 2.75) is 65.6 Å².